The Morgan fingerprint density at radius 3 is 2.38 bits per heavy atom. The highest BCUT2D eigenvalue weighted by molar-refractivity contribution is 8.00. The number of benzene rings is 1. The summed E-state index contributed by atoms with van der Waals surface area (Å²) in [6.07, 6.45) is 0. The molecule has 2 heterocycles. The van der Waals surface area contributed by atoms with E-state index in [0.717, 1.165) is 28.1 Å². The van der Waals surface area contributed by atoms with E-state index in [4.69, 9.17) is 0 Å². The first kappa shape index (κ1) is 23.8. The van der Waals surface area contributed by atoms with E-state index in [1.165, 1.54) is 11.8 Å². The van der Waals surface area contributed by atoms with Gasteiger partial charge in [-0.15, -0.1) is 0 Å². The van der Waals surface area contributed by atoms with Gasteiger partial charge in [0.25, 0.3) is 0 Å². The zero-order valence-electron chi connectivity index (χ0n) is 19.1. The third-order valence-corrected chi connectivity index (χ3v) is 6.55. The van der Waals surface area contributed by atoms with Gasteiger partial charge in [-0.25, -0.2) is 4.98 Å². The van der Waals surface area contributed by atoms with Gasteiger partial charge in [-0.05, 0) is 50.5 Å². The van der Waals surface area contributed by atoms with Crippen LogP contribution in [0, 0.1) is 39.0 Å². The van der Waals surface area contributed by atoms with Gasteiger partial charge in [0.1, 0.15) is 11.1 Å². The van der Waals surface area contributed by atoms with Gasteiger partial charge in [0.05, 0.1) is 17.9 Å². The molecule has 0 spiro atoms. The molecule has 1 aromatic heterocycles. The van der Waals surface area contributed by atoms with Crippen molar-refractivity contribution in [3.05, 3.63) is 52.2 Å². The summed E-state index contributed by atoms with van der Waals surface area (Å²) in [6, 6.07) is 10.0. The maximum Gasteiger partial charge on any atom is 0.238 e. The van der Waals surface area contributed by atoms with Crippen LogP contribution in [0.2, 0.25) is 0 Å². The van der Waals surface area contributed by atoms with Crippen molar-refractivity contribution in [1.29, 1.82) is 5.26 Å². The van der Waals surface area contributed by atoms with Crippen LogP contribution in [-0.2, 0) is 9.59 Å². The van der Waals surface area contributed by atoms with Crippen molar-refractivity contribution in [3.8, 4) is 6.07 Å². The molecule has 32 heavy (non-hydrogen) atoms. The number of carbonyl (C=O) groups excluding carboxylic acids is 2. The lowest BCUT2D eigenvalue weighted by Gasteiger charge is -2.34. The van der Waals surface area contributed by atoms with E-state index in [1.54, 1.807) is 0 Å². The first-order valence-corrected chi connectivity index (χ1v) is 11.6. The van der Waals surface area contributed by atoms with Crippen LogP contribution in [0.25, 0.3) is 0 Å². The number of pyridine rings is 1. The fourth-order valence-electron chi connectivity index (χ4n) is 3.81. The van der Waals surface area contributed by atoms with E-state index in [1.807, 2.05) is 56.9 Å². The number of anilines is 1. The summed E-state index contributed by atoms with van der Waals surface area (Å²) in [4.78, 5) is 33.5. The van der Waals surface area contributed by atoms with Gasteiger partial charge in [-0.1, -0.05) is 30.0 Å². The van der Waals surface area contributed by atoms with Crippen molar-refractivity contribution in [3.63, 3.8) is 0 Å². The predicted octanol–water partition coefficient (Wildman–Crippen LogP) is 3.06. The number of nitrogens with one attached hydrogen (secondary N) is 1. The third kappa shape index (κ3) is 5.87. The number of nitriles is 1. The summed E-state index contributed by atoms with van der Waals surface area (Å²) >= 11 is 1.31. The minimum Gasteiger partial charge on any atom is -0.339 e. The van der Waals surface area contributed by atoms with E-state index in [2.05, 4.69) is 21.3 Å². The molecule has 1 aliphatic rings. The predicted molar refractivity (Wildman–Crippen MR) is 127 cm³/mol. The van der Waals surface area contributed by atoms with Crippen LogP contribution in [-0.4, -0.2) is 65.1 Å². The zero-order chi connectivity index (χ0) is 23.3. The van der Waals surface area contributed by atoms with E-state index >= 15 is 0 Å². The van der Waals surface area contributed by atoms with Crippen LogP contribution in [0.15, 0.2) is 29.3 Å². The standard InChI is InChI=1S/C24H29N5O2S/c1-16-6-5-7-17(2)23(16)27-21(30)14-28-8-10-29(11-9-28)22(31)15-32-24-20(13-25)18(3)12-19(4)26-24/h5-7,12H,8-11,14-15H2,1-4H3,(H,27,30). The molecule has 0 aliphatic carbocycles. The largest absolute Gasteiger partial charge is 0.339 e. The number of nitrogens with zero attached hydrogens (tertiary/aromatic N) is 4. The Kier molecular flexibility index (Phi) is 7.89. The molecular weight excluding hydrogens is 422 g/mol. The molecule has 0 saturated carbocycles. The Balaban J connectivity index is 1.48. The average Bonchev–Trinajstić information content (AvgIpc) is 2.75. The molecule has 7 nitrogen and oxygen atoms in total. The lowest BCUT2D eigenvalue weighted by molar-refractivity contribution is -0.130. The topological polar surface area (TPSA) is 89.3 Å². The number of carbonyl (C=O) groups is 2. The highest BCUT2D eigenvalue weighted by Gasteiger charge is 2.23. The van der Waals surface area contributed by atoms with Crippen LogP contribution >= 0.6 is 11.8 Å². The lowest BCUT2D eigenvalue weighted by atomic mass is 10.1. The maximum absolute atomic E-state index is 12.7. The summed E-state index contributed by atoms with van der Waals surface area (Å²) in [5.74, 6) is 0.236. The zero-order valence-corrected chi connectivity index (χ0v) is 19.9. The monoisotopic (exact) mass is 451 g/mol. The molecular formula is C24H29N5O2S. The van der Waals surface area contributed by atoms with Crippen molar-refractivity contribution in [2.75, 3.05) is 43.8 Å². The van der Waals surface area contributed by atoms with Crippen LogP contribution < -0.4 is 5.32 Å². The molecule has 0 unspecified atom stereocenters. The SMILES string of the molecule is Cc1cc(C)c(C#N)c(SCC(=O)N2CCN(CC(=O)Nc3c(C)cccc3C)CC2)n1. The van der Waals surface area contributed by atoms with Crippen molar-refractivity contribution >= 4 is 29.3 Å². The molecule has 2 aromatic rings. The molecule has 3 rings (SSSR count). The Labute approximate surface area is 193 Å². The number of thioether (sulfide) groups is 1. The van der Waals surface area contributed by atoms with Gasteiger partial charge in [0.2, 0.25) is 11.8 Å². The van der Waals surface area contributed by atoms with Gasteiger partial charge < -0.3 is 10.2 Å². The van der Waals surface area contributed by atoms with Crippen LogP contribution in [0.5, 0.6) is 0 Å². The summed E-state index contributed by atoms with van der Waals surface area (Å²) < 4.78 is 0. The summed E-state index contributed by atoms with van der Waals surface area (Å²) in [6.45, 7) is 10.5. The number of rotatable bonds is 6. The number of aromatic nitrogens is 1. The maximum atomic E-state index is 12.7. The second-order valence-electron chi connectivity index (χ2n) is 8.13. The Hall–Kier alpha value is -2.89. The Bertz CT molecular complexity index is 1030. The highest BCUT2D eigenvalue weighted by atomic mass is 32.2. The summed E-state index contributed by atoms with van der Waals surface area (Å²) in [7, 11) is 0. The normalized spacial score (nSPS) is 14.2. The molecule has 0 atom stereocenters. The third-order valence-electron chi connectivity index (χ3n) is 5.59. The van der Waals surface area contributed by atoms with Gasteiger partial charge in [-0.3, -0.25) is 14.5 Å². The number of aryl methyl sites for hydroxylation is 4. The fraction of sp³-hybridized carbons (Fsp3) is 0.417. The Morgan fingerprint density at radius 2 is 1.75 bits per heavy atom. The molecule has 168 valence electrons. The van der Waals surface area contributed by atoms with Gasteiger partial charge in [-0.2, -0.15) is 5.26 Å². The quantitative estimate of drug-likeness (QED) is 0.679. The van der Waals surface area contributed by atoms with Crippen LogP contribution in [0.4, 0.5) is 5.69 Å². The average molecular weight is 452 g/mol. The van der Waals surface area contributed by atoms with E-state index in [9.17, 15) is 14.9 Å². The first-order chi connectivity index (χ1) is 15.3. The molecule has 0 radical (unpaired) electrons. The fourth-order valence-corrected chi connectivity index (χ4v) is 4.82. The second-order valence-corrected chi connectivity index (χ2v) is 9.10. The molecule has 8 heteroatoms. The van der Waals surface area contributed by atoms with Crippen LogP contribution in [0.3, 0.4) is 0 Å². The van der Waals surface area contributed by atoms with Gasteiger partial charge >= 0.3 is 0 Å². The Morgan fingerprint density at radius 1 is 1.09 bits per heavy atom. The summed E-state index contributed by atoms with van der Waals surface area (Å²) in [5, 5.41) is 13.0. The van der Waals surface area contributed by atoms with E-state index in [0.29, 0.717) is 43.3 Å². The molecule has 2 amide bonds. The molecule has 1 saturated heterocycles. The number of amides is 2. The van der Waals surface area contributed by atoms with Gasteiger partial charge in [0.15, 0.2) is 0 Å². The lowest BCUT2D eigenvalue weighted by Crippen LogP contribution is -2.50. The first-order valence-electron chi connectivity index (χ1n) is 10.7. The summed E-state index contributed by atoms with van der Waals surface area (Å²) in [5.41, 5.74) is 5.22. The van der Waals surface area contributed by atoms with Crippen molar-refractivity contribution in [1.82, 2.24) is 14.8 Å². The van der Waals surface area contributed by atoms with Gasteiger partial charge in [0, 0.05) is 37.6 Å². The van der Waals surface area contributed by atoms with Crippen LogP contribution in [0.1, 0.15) is 27.9 Å². The molecule has 1 aliphatic heterocycles. The smallest absolute Gasteiger partial charge is 0.238 e. The molecule has 1 N–H and O–H groups in total. The number of hydrogen-bond donors (Lipinski definition) is 1. The minimum absolute atomic E-state index is 0.0273. The minimum atomic E-state index is -0.0392. The van der Waals surface area contributed by atoms with Crippen molar-refractivity contribution in [2.45, 2.75) is 32.7 Å². The van der Waals surface area contributed by atoms with Crippen molar-refractivity contribution < 1.29 is 9.59 Å². The molecule has 0 bridgehead atoms. The van der Waals surface area contributed by atoms with E-state index in [-0.39, 0.29) is 17.6 Å². The molecule has 1 fully saturated rings. The molecule has 1 aromatic carbocycles. The highest BCUT2D eigenvalue weighted by Crippen LogP contribution is 2.24. The van der Waals surface area contributed by atoms with Crippen molar-refractivity contribution in [2.24, 2.45) is 0 Å². The second kappa shape index (κ2) is 10.6. The van der Waals surface area contributed by atoms with E-state index < -0.39 is 0 Å². The number of para-hydroxylation sites is 1. The number of hydrogen-bond acceptors (Lipinski definition) is 6. The number of piperazine rings is 1.